The molecule has 0 bridgehead atoms. The molecule has 1 aromatic carbocycles. The van der Waals surface area contributed by atoms with E-state index in [2.05, 4.69) is 9.55 Å². The minimum atomic E-state index is -0.433. The summed E-state index contributed by atoms with van der Waals surface area (Å²) in [4.78, 5) is 28.1. The molecular weight excluding hydrogens is 314 g/mol. The zero-order valence-electron chi connectivity index (χ0n) is 12.6. The van der Waals surface area contributed by atoms with Crippen LogP contribution in [-0.4, -0.2) is 34.0 Å². The number of aromatic nitrogens is 2. The van der Waals surface area contributed by atoms with E-state index in [1.165, 1.54) is 17.2 Å². The Balaban J connectivity index is 1.74. The lowest BCUT2D eigenvalue weighted by atomic mass is 10.2. The van der Waals surface area contributed by atoms with E-state index < -0.39 is 5.56 Å². The van der Waals surface area contributed by atoms with Gasteiger partial charge in [0, 0.05) is 38.0 Å². The van der Waals surface area contributed by atoms with Crippen LogP contribution >= 0.6 is 11.6 Å². The van der Waals surface area contributed by atoms with Crippen molar-refractivity contribution in [2.24, 2.45) is 0 Å². The first-order valence-electron chi connectivity index (χ1n) is 7.24. The van der Waals surface area contributed by atoms with Crippen LogP contribution in [-0.2, 0) is 6.54 Å². The number of fused-ring (bicyclic) bond motifs is 1. The van der Waals surface area contributed by atoms with Crippen molar-refractivity contribution in [1.82, 2.24) is 14.5 Å². The summed E-state index contributed by atoms with van der Waals surface area (Å²) in [6.07, 6.45) is 3.36. The van der Waals surface area contributed by atoms with Gasteiger partial charge in [0.2, 0.25) is 0 Å². The van der Waals surface area contributed by atoms with Crippen LogP contribution in [0.1, 0.15) is 10.4 Å². The van der Waals surface area contributed by atoms with Gasteiger partial charge in [-0.3, -0.25) is 9.59 Å². The lowest BCUT2D eigenvalue weighted by molar-refractivity contribution is 0.0789. The number of H-pyrrole nitrogens is 1. The van der Waals surface area contributed by atoms with Gasteiger partial charge in [0.25, 0.3) is 11.5 Å². The SMILES string of the molecule is CN(CCn1ccc2ccccc21)C(=O)c1cc(Cl)c[nH]c1=O. The molecule has 0 atom stereocenters. The Morgan fingerprint density at radius 2 is 2.09 bits per heavy atom. The van der Waals surface area contributed by atoms with Crippen LogP contribution in [0.5, 0.6) is 0 Å². The van der Waals surface area contributed by atoms with Crippen LogP contribution in [0.3, 0.4) is 0 Å². The monoisotopic (exact) mass is 329 g/mol. The van der Waals surface area contributed by atoms with E-state index in [0.29, 0.717) is 18.1 Å². The highest BCUT2D eigenvalue weighted by molar-refractivity contribution is 6.30. The van der Waals surface area contributed by atoms with Crippen LogP contribution in [0.25, 0.3) is 10.9 Å². The Morgan fingerprint density at radius 3 is 2.91 bits per heavy atom. The summed E-state index contributed by atoms with van der Waals surface area (Å²) in [6.45, 7) is 1.14. The van der Waals surface area contributed by atoms with Gasteiger partial charge in [-0.25, -0.2) is 0 Å². The molecule has 0 aliphatic rings. The maximum absolute atomic E-state index is 12.4. The quantitative estimate of drug-likeness (QED) is 0.800. The number of rotatable bonds is 4. The van der Waals surface area contributed by atoms with Crippen molar-refractivity contribution in [3.05, 3.63) is 69.7 Å². The number of halogens is 1. The van der Waals surface area contributed by atoms with E-state index in [0.717, 1.165) is 10.9 Å². The molecule has 0 unspecified atom stereocenters. The van der Waals surface area contributed by atoms with Gasteiger partial charge in [-0.1, -0.05) is 29.8 Å². The molecule has 1 amide bonds. The van der Waals surface area contributed by atoms with E-state index in [-0.39, 0.29) is 11.5 Å². The fourth-order valence-corrected chi connectivity index (χ4v) is 2.68. The summed E-state index contributed by atoms with van der Waals surface area (Å²) in [5.41, 5.74) is 0.740. The third kappa shape index (κ3) is 3.14. The van der Waals surface area contributed by atoms with Gasteiger partial charge in [0.1, 0.15) is 5.56 Å². The molecule has 2 aromatic heterocycles. The Bertz CT molecular complexity index is 913. The second kappa shape index (κ2) is 6.30. The average Bonchev–Trinajstić information content (AvgIpc) is 2.97. The number of pyridine rings is 1. The minimum absolute atomic E-state index is 0.0531. The van der Waals surface area contributed by atoms with Crippen molar-refractivity contribution >= 4 is 28.4 Å². The molecule has 6 heteroatoms. The fraction of sp³-hybridized carbons (Fsp3) is 0.176. The van der Waals surface area contributed by atoms with E-state index in [1.54, 1.807) is 7.05 Å². The van der Waals surface area contributed by atoms with E-state index >= 15 is 0 Å². The highest BCUT2D eigenvalue weighted by atomic mass is 35.5. The van der Waals surface area contributed by atoms with Crippen LogP contribution in [0, 0.1) is 0 Å². The number of carbonyl (C=O) groups is 1. The number of amides is 1. The maximum atomic E-state index is 12.4. The number of nitrogens with one attached hydrogen (secondary N) is 1. The molecule has 0 saturated carbocycles. The molecule has 3 aromatic rings. The molecule has 0 aliphatic heterocycles. The smallest absolute Gasteiger partial charge is 0.260 e. The zero-order valence-corrected chi connectivity index (χ0v) is 13.4. The van der Waals surface area contributed by atoms with Gasteiger partial charge in [0.15, 0.2) is 0 Å². The molecule has 1 N–H and O–H groups in total. The van der Waals surface area contributed by atoms with Crippen LogP contribution in [0.15, 0.2) is 53.6 Å². The third-order valence-corrected chi connectivity index (χ3v) is 4.02. The lowest BCUT2D eigenvalue weighted by Crippen LogP contribution is -2.33. The van der Waals surface area contributed by atoms with Crippen molar-refractivity contribution < 1.29 is 4.79 Å². The molecule has 23 heavy (non-hydrogen) atoms. The number of aromatic amines is 1. The molecule has 2 heterocycles. The van der Waals surface area contributed by atoms with Crippen molar-refractivity contribution in [2.75, 3.05) is 13.6 Å². The molecule has 5 nitrogen and oxygen atoms in total. The number of para-hydroxylation sites is 1. The van der Waals surface area contributed by atoms with E-state index in [1.807, 2.05) is 36.5 Å². The van der Waals surface area contributed by atoms with Crippen molar-refractivity contribution in [3.63, 3.8) is 0 Å². The summed E-state index contributed by atoms with van der Waals surface area (Å²) in [5, 5.41) is 1.49. The van der Waals surface area contributed by atoms with Crippen LogP contribution in [0.2, 0.25) is 5.02 Å². The molecule has 0 radical (unpaired) electrons. The first-order valence-corrected chi connectivity index (χ1v) is 7.61. The van der Waals surface area contributed by atoms with Gasteiger partial charge in [-0.05, 0) is 23.6 Å². The summed E-state index contributed by atoms with van der Waals surface area (Å²) in [5.74, 6) is -0.342. The summed E-state index contributed by atoms with van der Waals surface area (Å²) in [6, 6.07) is 11.5. The molecule has 0 aliphatic carbocycles. The molecule has 118 valence electrons. The van der Waals surface area contributed by atoms with Crippen molar-refractivity contribution in [1.29, 1.82) is 0 Å². The lowest BCUT2D eigenvalue weighted by Gasteiger charge is -2.17. The number of benzene rings is 1. The van der Waals surface area contributed by atoms with Gasteiger partial charge < -0.3 is 14.5 Å². The molecular formula is C17H16ClN3O2. The summed E-state index contributed by atoms with van der Waals surface area (Å²) in [7, 11) is 1.67. The predicted molar refractivity (Wildman–Crippen MR) is 91.0 cm³/mol. The van der Waals surface area contributed by atoms with Crippen LogP contribution < -0.4 is 5.56 Å². The Kier molecular flexibility index (Phi) is 4.21. The van der Waals surface area contributed by atoms with Gasteiger partial charge >= 0.3 is 0 Å². The number of hydrogen-bond acceptors (Lipinski definition) is 2. The first kappa shape index (κ1) is 15.4. The highest BCUT2D eigenvalue weighted by Gasteiger charge is 2.16. The molecule has 0 saturated heterocycles. The normalized spacial score (nSPS) is 10.9. The Hall–Kier alpha value is -2.53. The zero-order chi connectivity index (χ0) is 16.4. The fourth-order valence-electron chi connectivity index (χ4n) is 2.52. The largest absolute Gasteiger partial charge is 0.346 e. The number of hydrogen-bond donors (Lipinski definition) is 1. The first-order chi connectivity index (χ1) is 11.1. The van der Waals surface area contributed by atoms with Gasteiger partial charge in [-0.2, -0.15) is 0 Å². The third-order valence-electron chi connectivity index (χ3n) is 3.80. The van der Waals surface area contributed by atoms with Crippen molar-refractivity contribution in [3.8, 4) is 0 Å². The Labute approximate surface area is 138 Å². The highest BCUT2D eigenvalue weighted by Crippen LogP contribution is 2.15. The minimum Gasteiger partial charge on any atom is -0.346 e. The maximum Gasteiger partial charge on any atom is 0.260 e. The van der Waals surface area contributed by atoms with E-state index in [9.17, 15) is 9.59 Å². The summed E-state index contributed by atoms with van der Waals surface area (Å²) < 4.78 is 2.08. The second-order valence-corrected chi connectivity index (χ2v) is 5.79. The second-order valence-electron chi connectivity index (χ2n) is 5.36. The predicted octanol–water partition coefficient (Wildman–Crippen LogP) is 2.76. The molecule has 3 rings (SSSR count). The standard InChI is InChI=1S/C17H16ClN3O2/c1-20(17(23)14-10-13(18)11-19-16(14)22)8-9-21-7-6-12-4-2-3-5-15(12)21/h2-7,10-11H,8-9H2,1H3,(H,19,22). The number of carbonyl (C=O) groups excluding carboxylic acids is 1. The Morgan fingerprint density at radius 1 is 1.30 bits per heavy atom. The molecule has 0 spiro atoms. The van der Waals surface area contributed by atoms with Crippen LogP contribution in [0.4, 0.5) is 0 Å². The number of likely N-dealkylation sites (N-methyl/N-ethyl adjacent to an activating group) is 1. The van der Waals surface area contributed by atoms with E-state index in [4.69, 9.17) is 11.6 Å². The molecule has 0 fully saturated rings. The number of nitrogens with zero attached hydrogens (tertiary/aromatic N) is 2. The van der Waals surface area contributed by atoms with Crippen molar-refractivity contribution in [2.45, 2.75) is 6.54 Å². The average molecular weight is 330 g/mol. The van der Waals surface area contributed by atoms with Gasteiger partial charge in [-0.15, -0.1) is 0 Å². The summed E-state index contributed by atoms with van der Waals surface area (Å²) >= 11 is 5.84. The topological polar surface area (TPSA) is 58.1 Å². The van der Waals surface area contributed by atoms with Gasteiger partial charge in [0.05, 0.1) is 5.02 Å².